The van der Waals surface area contributed by atoms with Crippen molar-refractivity contribution in [1.82, 2.24) is 4.90 Å². The number of β-amino-alcohol motifs (C(OH)–C–C–N with tert-alkyl or cyclic N) is 1. The lowest BCUT2D eigenvalue weighted by Crippen LogP contribution is -2.54. The highest BCUT2D eigenvalue weighted by Crippen LogP contribution is 2.42. The predicted octanol–water partition coefficient (Wildman–Crippen LogP) is -0.838. The molecule has 2 aliphatic rings. The first-order valence-corrected chi connectivity index (χ1v) is 5.92. The molecular formula is C11H18N2O4. The summed E-state index contributed by atoms with van der Waals surface area (Å²) in [4.78, 5) is 24.7. The van der Waals surface area contributed by atoms with E-state index in [2.05, 4.69) is 0 Å². The summed E-state index contributed by atoms with van der Waals surface area (Å²) in [6.45, 7) is 0.363. The number of hydrogen-bond acceptors (Lipinski definition) is 4. The molecule has 0 spiro atoms. The Morgan fingerprint density at radius 2 is 2.06 bits per heavy atom. The Kier molecular flexibility index (Phi) is 3.09. The van der Waals surface area contributed by atoms with Crippen LogP contribution in [0.15, 0.2) is 0 Å². The first-order chi connectivity index (χ1) is 8.00. The topological polar surface area (TPSA) is 104 Å². The number of aliphatic hydroxyl groups excluding tert-OH is 1. The van der Waals surface area contributed by atoms with Gasteiger partial charge in [0.2, 0.25) is 5.91 Å². The van der Waals surface area contributed by atoms with Crippen LogP contribution in [0.25, 0.3) is 0 Å². The number of aliphatic carboxylic acids is 1. The number of carboxylic acids is 1. The number of amides is 1. The van der Waals surface area contributed by atoms with Gasteiger partial charge >= 0.3 is 5.97 Å². The van der Waals surface area contributed by atoms with Crippen LogP contribution < -0.4 is 5.73 Å². The first kappa shape index (κ1) is 12.3. The van der Waals surface area contributed by atoms with Crippen LogP contribution >= 0.6 is 0 Å². The minimum absolute atomic E-state index is 0.109. The third-order valence-electron chi connectivity index (χ3n) is 3.98. The lowest BCUT2D eigenvalue weighted by atomic mass is 9.67. The standard InChI is InChI=1S/C11H18N2O4/c12-6-11(2-1-3-11)10(17)13-5-7(14)4-8(13)9(15)16/h7-8,14H,1-6,12H2,(H,15,16)/t7-,8-/m1/s1. The smallest absolute Gasteiger partial charge is 0.326 e. The summed E-state index contributed by atoms with van der Waals surface area (Å²) in [6.07, 6.45) is 1.77. The van der Waals surface area contributed by atoms with E-state index < -0.39 is 23.5 Å². The lowest BCUT2D eigenvalue weighted by molar-refractivity contribution is -0.156. The monoisotopic (exact) mass is 242 g/mol. The summed E-state index contributed by atoms with van der Waals surface area (Å²) in [5.74, 6) is -1.25. The van der Waals surface area contributed by atoms with E-state index in [4.69, 9.17) is 10.8 Å². The Morgan fingerprint density at radius 3 is 2.47 bits per heavy atom. The Bertz CT molecular complexity index is 335. The molecule has 0 bridgehead atoms. The summed E-state index contributed by atoms with van der Waals surface area (Å²) in [6, 6.07) is -0.901. The van der Waals surface area contributed by atoms with Crippen molar-refractivity contribution in [3.63, 3.8) is 0 Å². The second-order valence-corrected chi connectivity index (χ2v) is 5.04. The molecule has 17 heavy (non-hydrogen) atoms. The molecule has 0 aromatic heterocycles. The zero-order valence-corrected chi connectivity index (χ0v) is 9.63. The van der Waals surface area contributed by atoms with Gasteiger partial charge in [0.25, 0.3) is 0 Å². The molecule has 6 heteroatoms. The van der Waals surface area contributed by atoms with E-state index in [1.165, 1.54) is 4.90 Å². The van der Waals surface area contributed by atoms with E-state index >= 15 is 0 Å². The molecule has 0 aromatic carbocycles. The summed E-state index contributed by atoms with van der Waals surface area (Å²) in [7, 11) is 0. The number of carbonyl (C=O) groups excluding carboxylic acids is 1. The molecule has 6 nitrogen and oxygen atoms in total. The van der Waals surface area contributed by atoms with Gasteiger partial charge in [-0.1, -0.05) is 6.42 Å². The number of nitrogens with zero attached hydrogens (tertiary/aromatic N) is 1. The second kappa shape index (κ2) is 4.27. The van der Waals surface area contributed by atoms with Crippen molar-refractivity contribution in [2.75, 3.05) is 13.1 Å². The molecule has 1 amide bonds. The van der Waals surface area contributed by atoms with Gasteiger partial charge in [0.15, 0.2) is 0 Å². The van der Waals surface area contributed by atoms with Crippen molar-refractivity contribution in [1.29, 1.82) is 0 Å². The molecule has 0 aromatic rings. The fourth-order valence-corrected chi connectivity index (χ4v) is 2.69. The van der Waals surface area contributed by atoms with Crippen molar-refractivity contribution in [3.8, 4) is 0 Å². The van der Waals surface area contributed by atoms with Gasteiger partial charge in [-0.15, -0.1) is 0 Å². The van der Waals surface area contributed by atoms with Gasteiger partial charge in [-0.2, -0.15) is 0 Å². The van der Waals surface area contributed by atoms with E-state index in [-0.39, 0.29) is 25.4 Å². The first-order valence-electron chi connectivity index (χ1n) is 5.92. The van der Waals surface area contributed by atoms with Gasteiger partial charge in [-0.05, 0) is 12.8 Å². The number of rotatable bonds is 3. The largest absolute Gasteiger partial charge is 0.480 e. The number of carbonyl (C=O) groups is 2. The molecule has 1 heterocycles. The Balaban J connectivity index is 2.15. The minimum atomic E-state index is -1.05. The number of likely N-dealkylation sites (tertiary alicyclic amines) is 1. The third-order valence-corrected chi connectivity index (χ3v) is 3.98. The number of aliphatic hydroxyl groups is 1. The maximum Gasteiger partial charge on any atom is 0.326 e. The van der Waals surface area contributed by atoms with Crippen LogP contribution in [0.4, 0.5) is 0 Å². The number of carboxylic acid groups (broad SMARTS) is 1. The van der Waals surface area contributed by atoms with E-state index in [1.807, 2.05) is 0 Å². The van der Waals surface area contributed by atoms with E-state index in [1.54, 1.807) is 0 Å². The third kappa shape index (κ3) is 1.91. The fourth-order valence-electron chi connectivity index (χ4n) is 2.69. The molecule has 0 radical (unpaired) electrons. The molecule has 96 valence electrons. The fraction of sp³-hybridized carbons (Fsp3) is 0.818. The van der Waals surface area contributed by atoms with Crippen molar-refractivity contribution < 1.29 is 19.8 Å². The minimum Gasteiger partial charge on any atom is -0.480 e. The van der Waals surface area contributed by atoms with Gasteiger partial charge in [-0.3, -0.25) is 4.79 Å². The highest BCUT2D eigenvalue weighted by molar-refractivity contribution is 5.89. The number of nitrogens with two attached hydrogens (primary N) is 1. The molecule has 1 aliphatic heterocycles. The van der Waals surface area contributed by atoms with Crippen molar-refractivity contribution in [2.24, 2.45) is 11.1 Å². The highest BCUT2D eigenvalue weighted by atomic mass is 16.4. The quantitative estimate of drug-likeness (QED) is 0.598. The molecule has 4 N–H and O–H groups in total. The maximum atomic E-state index is 12.3. The maximum absolute atomic E-state index is 12.3. The van der Waals surface area contributed by atoms with Crippen LogP contribution in [0.2, 0.25) is 0 Å². The van der Waals surface area contributed by atoms with Gasteiger partial charge in [0.1, 0.15) is 6.04 Å². The molecule has 1 saturated heterocycles. The summed E-state index contributed by atoms with van der Waals surface area (Å²) >= 11 is 0. The molecule has 1 saturated carbocycles. The summed E-state index contributed by atoms with van der Waals surface area (Å²) in [5, 5.41) is 18.6. The summed E-state index contributed by atoms with van der Waals surface area (Å²) in [5.41, 5.74) is 5.06. The average molecular weight is 242 g/mol. The normalized spacial score (nSPS) is 31.1. The summed E-state index contributed by atoms with van der Waals surface area (Å²) < 4.78 is 0. The second-order valence-electron chi connectivity index (χ2n) is 5.04. The van der Waals surface area contributed by atoms with Gasteiger partial charge < -0.3 is 20.8 Å². The SMILES string of the molecule is NCC1(C(=O)N2C[C@H](O)C[C@@H]2C(=O)O)CCC1. The number of hydrogen-bond donors (Lipinski definition) is 3. The predicted molar refractivity (Wildman–Crippen MR) is 59.1 cm³/mol. The van der Waals surface area contributed by atoms with E-state index in [0.717, 1.165) is 19.3 Å². The van der Waals surface area contributed by atoms with Gasteiger partial charge in [0, 0.05) is 19.5 Å². The molecular weight excluding hydrogens is 224 g/mol. The van der Waals surface area contributed by atoms with E-state index in [0.29, 0.717) is 0 Å². The molecule has 2 rings (SSSR count). The van der Waals surface area contributed by atoms with Crippen LogP contribution in [-0.2, 0) is 9.59 Å². The molecule has 1 aliphatic carbocycles. The zero-order chi connectivity index (χ0) is 12.6. The van der Waals surface area contributed by atoms with Gasteiger partial charge in [0.05, 0.1) is 11.5 Å². The zero-order valence-electron chi connectivity index (χ0n) is 9.63. The molecule has 0 unspecified atom stereocenters. The van der Waals surface area contributed by atoms with Crippen LogP contribution in [0.3, 0.4) is 0 Å². The molecule has 2 fully saturated rings. The van der Waals surface area contributed by atoms with Crippen LogP contribution in [0.1, 0.15) is 25.7 Å². The Morgan fingerprint density at radius 1 is 1.41 bits per heavy atom. The van der Waals surface area contributed by atoms with Gasteiger partial charge in [-0.25, -0.2) is 4.79 Å². The Labute approximate surface area is 99.4 Å². The van der Waals surface area contributed by atoms with Crippen molar-refractivity contribution in [3.05, 3.63) is 0 Å². The van der Waals surface area contributed by atoms with Crippen LogP contribution in [-0.4, -0.2) is 52.2 Å². The van der Waals surface area contributed by atoms with Crippen LogP contribution in [0.5, 0.6) is 0 Å². The van der Waals surface area contributed by atoms with Crippen LogP contribution in [0, 0.1) is 5.41 Å². The average Bonchev–Trinajstić information content (AvgIpc) is 2.59. The Hall–Kier alpha value is -1.14. The van der Waals surface area contributed by atoms with Crippen molar-refractivity contribution in [2.45, 2.75) is 37.8 Å². The highest BCUT2D eigenvalue weighted by Gasteiger charge is 2.50. The molecule has 2 atom stereocenters. The van der Waals surface area contributed by atoms with Crippen molar-refractivity contribution >= 4 is 11.9 Å². The lowest BCUT2D eigenvalue weighted by Gasteiger charge is -2.42. The van der Waals surface area contributed by atoms with E-state index in [9.17, 15) is 14.7 Å².